The van der Waals surface area contributed by atoms with Crippen LogP contribution >= 0.6 is 0 Å². The fourth-order valence-electron chi connectivity index (χ4n) is 1.83. The molecule has 0 aliphatic carbocycles. The molecule has 0 aliphatic heterocycles. The highest BCUT2D eigenvalue weighted by Crippen LogP contribution is 2.14. The van der Waals surface area contributed by atoms with E-state index < -0.39 is 0 Å². The molecule has 3 aromatic rings. The van der Waals surface area contributed by atoms with Crippen molar-refractivity contribution >= 4 is 23.2 Å². The van der Waals surface area contributed by atoms with Crippen molar-refractivity contribution in [1.82, 2.24) is 15.0 Å². The zero-order valence-corrected chi connectivity index (χ0v) is 10.0. The van der Waals surface area contributed by atoms with Crippen molar-refractivity contribution in [3.05, 3.63) is 59.7 Å². The first-order valence-corrected chi connectivity index (χ1v) is 5.83. The molecule has 90 valence electrons. The van der Waals surface area contributed by atoms with Crippen LogP contribution in [0.5, 0.6) is 0 Å². The molecule has 0 fully saturated rings. The molecule has 0 amide bonds. The smallest absolute Gasteiger partial charge is 0.131 e. The molecular weight excluding hydrogens is 236 g/mol. The molecule has 4 nitrogen and oxygen atoms in total. The molecule has 3 rings (SSSR count). The molecule has 0 saturated carbocycles. The Morgan fingerprint density at radius 3 is 2.74 bits per heavy atom. The van der Waals surface area contributed by atoms with Crippen molar-refractivity contribution in [3.63, 3.8) is 0 Å². The lowest BCUT2D eigenvalue weighted by Gasteiger charge is -1.89. The molecule has 0 radical (unpaired) electrons. The zero-order valence-electron chi connectivity index (χ0n) is 10.0. The maximum absolute atomic E-state index is 8.85. The number of rotatable bonds is 2. The molecule has 0 atom stereocenters. The van der Waals surface area contributed by atoms with Crippen molar-refractivity contribution in [3.8, 4) is 6.07 Å². The van der Waals surface area contributed by atoms with Crippen molar-refractivity contribution < 1.29 is 0 Å². The molecule has 0 saturated heterocycles. The molecule has 1 N–H and O–H groups in total. The van der Waals surface area contributed by atoms with E-state index in [2.05, 4.69) is 21.0 Å². The molecule has 2 aromatic heterocycles. The predicted molar refractivity (Wildman–Crippen MR) is 74.0 cm³/mol. The second kappa shape index (κ2) is 4.75. The Balaban J connectivity index is 1.94. The van der Waals surface area contributed by atoms with Gasteiger partial charge in [-0.05, 0) is 42.0 Å². The molecular formula is C15H10N4. The number of fused-ring (bicyclic) bond motifs is 1. The summed E-state index contributed by atoms with van der Waals surface area (Å²) in [6.07, 6.45) is 7.36. The van der Waals surface area contributed by atoms with Gasteiger partial charge in [0.15, 0.2) is 0 Å². The minimum absolute atomic E-state index is 0.626. The minimum Gasteiger partial charge on any atom is -0.338 e. The second-order valence-electron chi connectivity index (χ2n) is 4.08. The number of aromatic nitrogens is 3. The number of aromatic amines is 1. The van der Waals surface area contributed by atoms with Gasteiger partial charge in [-0.1, -0.05) is 6.08 Å². The monoisotopic (exact) mass is 246 g/mol. The van der Waals surface area contributed by atoms with Crippen molar-refractivity contribution in [1.29, 1.82) is 5.26 Å². The molecule has 0 spiro atoms. The van der Waals surface area contributed by atoms with Crippen molar-refractivity contribution in [2.24, 2.45) is 0 Å². The Morgan fingerprint density at radius 1 is 1.11 bits per heavy atom. The van der Waals surface area contributed by atoms with Gasteiger partial charge in [-0.2, -0.15) is 5.26 Å². The van der Waals surface area contributed by atoms with E-state index in [1.807, 2.05) is 30.4 Å². The topological polar surface area (TPSA) is 65.4 Å². The van der Waals surface area contributed by atoms with Gasteiger partial charge in [0, 0.05) is 12.4 Å². The summed E-state index contributed by atoms with van der Waals surface area (Å²) < 4.78 is 0. The van der Waals surface area contributed by atoms with E-state index in [0.29, 0.717) is 5.56 Å². The van der Waals surface area contributed by atoms with E-state index >= 15 is 0 Å². The summed E-state index contributed by atoms with van der Waals surface area (Å²) >= 11 is 0. The maximum atomic E-state index is 8.85. The van der Waals surface area contributed by atoms with Crippen molar-refractivity contribution in [2.45, 2.75) is 0 Å². The van der Waals surface area contributed by atoms with Gasteiger partial charge < -0.3 is 4.98 Å². The quantitative estimate of drug-likeness (QED) is 0.755. The Morgan fingerprint density at radius 2 is 1.95 bits per heavy atom. The van der Waals surface area contributed by atoms with Gasteiger partial charge in [0.2, 0.25) is 0 Å². The van der Waals surface area contributed by atoms with Crippen LogP contribution in [0.15, 0.2) is 42.7 Å². The summed E-state index contributed by atoms with van der Waals surface area (Å²) in [6.45, 7) is 0. The average Bonchev–Trinajstić information content (AvgIpc) is 2.88. The van der Waals surface area contributed by atoms with Gasteiger partial charge in [0.25, 0.3) is 0 Å². The van der Waals surface area contributed by atoms with Crippen molar-refractivity contribution in [2.75, 3.05) is 0 Å². The number of benzene rings is 1. The van der Waals surface area contributed by atoms with E-state index in [-0.39, 0.29) is 0 Å². The summed E-state index contributed by atoms with van der Waals surface area (Å²) in [6, 6.07) is 11.4. The highest BCUT2D eigenvalue weighted by molar-refractivity contribution is 5.79. The number of imidazole rings is 1. The lowest BCUT2D eigenvalue weighted by atomic mass is 10.2. The van der Waals surface area contributed by atoms with E-state index in [0.717, 1.165) is 22.4 Å². The van der Waals surface area contributed by atoms with Crippen LogP contribution in [0, 0.1) is 11.3 Å². The van der Waals surface area contributed by atoms with Gasteiger partial charge in [0.05, 0.1) is 22.7 Å². The Labute approximate surface area is 110 Å². The Hall–Kier alpha value is -2.93. The first kappa shape index (κ1) is 11.2. The first-order valence-electron chi connectivity index (χ1n) is 5.83. The van der Waals surface area contributed by atoms with Gasteiger partial charge >= 0.3 is 0 Å². The van der Waals surface area contributed by atoms with E-state index in [1.54, 1.807) is 24.5 Å². The average molecular weight is 246 g/mol. The first-order chi connectivity index (χ1) is 9.35. The standard InChI is InChI=1S/C15H10N4/c16-10-12-1-3-13-14(9-12)19-15(18-13)4-2-11-5-7-17-8-6-11/h1-9H,(H,18,19). The molecule has 4 heteroatoms. The van der Waals surface area contributed by atoms with Gasteiger partial charge in [-0.3, -0.25) is 4.98 Å². The molecule has 0 bridgehead atoms. The van der Waals surface area contributed by atoms with Crippen LogP contribution < -0.4 is 0 Å². The normalized spacial score (nSPS) is 10.9. The third kappa shape index (κ3) is 2.35. The zero-order chi connectivity index (χ0) is 13.1. The molecule has 0 unspecified atom stereocenters. The number of nitrogens with zero attached hydrogens (tertiary/aromatic N) is 3. The summed E-state index contributed by atoms with van der Waals surface area (Å²) in [5.41, 5.74) is 3.41. The number of pyridine rings is 1. The van der Waals surface area contributed by atoms with Crippen LogP contribution in [0.3, 0.4) is 0 Å². The number of H-pyrrole nitrogens is 1. The number of nitrogens with one attached hydrogen (secondary N) is 1. The Kier molecular flexibility index (Phi) is 2.79. The SMILES string of the molecule is N#Cc1ccc2nc(C=Cc3ccncc3)[nH]c2c1. The predicted octanol–water partition coefficient (Wildman–Crippen LogP) is 3.00. The fourth-order valence-corrected chi connectivity index (χ4v) is 1.83. The third-order valence-electron chi connectivity index (χ3n) is 2.77. The van der Waals surface area contributed by atoms with Crippen LogP contribution in [0.4, 0.5) is 0 Å². The summed E-state index contributed by atoms with van der Waals surface area (Å²) in [5.74, 6) is 0.766. The lowest BCUT2D eigenvalue weighted by Crippen LogP contribution is -1.75. The fraction of sp³-hybridized carbons (Fsp3) is 0. The van der Waals surface area contributed by atoms with Gasteiger partial charge in [-0.25, -0.2) is 4.98 Å². The summed E-state index contributed by atoms with van der Waals surface area (Å²) in [7, 11) is 0. The van der Waals surface area contributed by atoms with Crippen LogP contribution in [0.2, 0.25) is 0 Å². The number of nitriles is 1. The van der Waals surface area contributed by atoms with Crippen LogP contribution in [-0.2, 0) is 0 Å². The van der Waals surface area contributed by atoms with Crippen LogP contribution in [-0.4, -0.2) is 15.0 Å². The molecule has 1 aromatic carbocycles. The second-order valence-corrected chi connectivity index (χ2v) is 4.08. The van der Waals surface area contributed by atoms with E-state index in [9.17, 15) is 0 Å². The summed E-state index contributed by atoms with van der Waals surface area (Å²) in [5, 5.41) is 8.85. The number of hydrogen-bond acceptors (Lipinski definition) is 3. The van der Waals surface area contributed by atoms with E-state index in [4.69, 9.17) is 5.26 Å². The highest BCUT2D eigenvalue weighted by atomic mass is 14.9. The largest absolute Gasteiger partial charge is 0.338 e. The molecule has 0 aliphatic rings. The Bertz CT molecular complexity index is 779. The molecule has 2 heterocycles. The van der Waals surface area contributed by atoms with Crippen LogP contribution in [0.1, 0.15) is 17.0 Å². The highest BCUT2D eigenvalue weighted by Gasteiger charge is 2.01. The maximum Gasteiger partial charge on any atom is 0.131 e. The van der Waals surface area contributed by atoms with Gasteiger partial charge in [-0.15, -0.1) is 0 Å². The van der Waals surface area contributed by atoms with Crippen LogP contribution in [0.25, 0.3) is 23.2 Å². The van der Waals surface area contributed by atoms with E-state index in [1.165, 1.54) is 0 Å². The number of hydrogen-bond donors (Lipinski definition) is 1. The lowest BCUT2D eigenvalue weighted by molar-refractivity contribution is 1.29. The third-order valence-corrected chi connectivity index (χ3v) is 2.77. The minimum atomic E-state index is 0.626. The molecule has 19 heavy (non-hydrogen) atoms. The van der Waals surface area contributed by atoms with Gasteiger partial charge in [0.1, 0.15) is 5.82 Å². The summed E-state index contributed by atoms with van der Waals surface area (Å²) in [4.78, 5) is 11.6.